The Hall–Kier alpha value is -1.64. The fourth-order valence-corrected chi connectivity index (χ4v) is 3.22. The molecule has 8 heteroatoms. The van der Waals surface area contributed by atoms with Gasteiger partial charge in [-0.3, -0.25) is 0 Å². The zero-order chi connectivity index (χ0) is 15.3. The molecule has 0 saturated heterocycles. The number of rotatable bonds is 8. The lowest BCUT2D eigenvalue weighted by molar-refractivity contribution is 0.271. The van der Waals surface area contributed by atoms with Crippen molar-refractivity contribution in [2.45, 2.75) is 37.8 Å². The van der Waals surface area contributed by atoms with Crippen molar-refractivity contribution in [2.24, 2.45) is 0 Å². The van der Waals surface area contributed by atoms with Crippen molar-refractivity contribution in [1.82, 2.24) is 19.3 Å². The highest BCUT2D eigenvalue weighted by atomic mass is 32.2. The molecular weight excluding hydrogens is 292 g/mol. The summed E-state index contributed by atoms with van der Waals surface area (Å²) in [6, 6.07) is 1.50. The third-order valence-electron chi connectivity index (χ3n) is 3.21. The van der Waals surface area contributed by atoms with Gasteiger partial charge in [-0.25, -0.2) is 18.1 Å². The third kappa shape index (κ3) is 3.93. The van der Waals surface area contributed by atoms with Crippen molar-refractivity contribution < 1.29 is 13.5 Å². The quantitative estimate of drug-likeness (QED) is 0.623. The van der Waals surface area contributed by atoms with Gasteiger partial charge in [0.25, 0.3) is 0 Å². The molecule has 0 fully saturated rings. The first kappa shape index (κ1) is 15.7. The molecule has 21 heavy (non-hydrogen) atoms. The SMILES string of the molecule is CCn1cc(S(=O)(=O)NCCCc2ncc[nH]2)cc1CO. The average Bonchev–Trinajstić information content (AvgIpc) is 3.12. The van der Waals surface area contributed by atoms with E-state index in [2.05, 4.69) is 14.7 Å². The Morgan fingerprint density at radius 1 is 1.48 bits per heavy atom. The predicted molar refractivity (Wildman–Crippen MR) is 78.1 cm³/mol. The van der Waals surface area contributed by atoms with Crippen LogP contribution in [0.15, 0.2) is 29.6 Å². The number of aliphatic hydroxyl groups excluding tert-OH is 1. The lowest BCUT2D eigenvalue weighted by atomic mass is 10.3. The van der Waals surface area contributed by atoms with Crippen LogP contribution in [-0.4, -0.2) is 34.6 Å². The van der Waals surface area contributed by atoms with E-state index in [1.54, 1.807) is 23.2 Å². The van der Waals surface area contributed by atoms with Crippen LogP contribution < -0.4 is 4.72 Å². The van der Waals surface area contributed by atoms with Crippen molar-refractivity contribution in [3.63, 3.8) is 0 Å². The summed E-state index contributed by atoms with van der Waals surface area (Å²) in [5.74, 6) is 0.842. The van der Waals surface area contributed by atoms with E-state index in [1.807, 2.05) is 6.92 Å². The Balaban J connectivity index is 1.93. The van der Waals surface area contributed by atoms with E-state index in [-0.39, 0.29) is 11.5 Å². The van der Waals surface area contributed by atoms with Crippen molar-refractivity contribution in [3.05, 3.63) is 36.2 Å². The van der Waals surface area contributed by atoms with Gasteiger partial charge in [-0.2, -0.15) is 0 Å². The van der Waals surface area contributed by atoms with Crippen molar-refractivity contribution in [1.29, 1.82) is 0 Å². The number of sulfonamides is 1. The summed E-state index contributed by atoms with van der Waals surface area (Å²) in [4.78, 5) is 7.24. The summed E-state index contributed by atoms with van der Waals surface area (Å²) in [6.07, 6.45) is 6.30. The number of aryl methyl sites for hydroxylation is 2. The minimum Gasteiger partial charge on any atom is -0.390 e. The molecule has 7 nitrogen and oxygen atoms in total. The van der Waals surface area contributed by atoms with Crippen LogP contribution in [0.4, 0.5) is 0 Å². The molecule has 0 aromatic carbocycles. The molecule has 0 aliphatic carbocycles. The Morgan fingerprint density at radius 3 is 2.86 bits per heavy atom. The Kier molecular flexibility index (Phi) is 5.16. The maximum Gasteiger partial charge on any atom is 0.242 e. The highest BCUT2D eigenvalue weighted by Gasteiger charge is 2.17. The molecule has 0 saturated carbocycles. The number of H-pyrrole nitrogens is 1. The minimum atomic E-state index is -3.54. The summed E-state index contributed by atoms with van der Waals surface area (Å²) in [7, 11) is -3.54. The first-order chi connectivity index (χ1) is 10.1. The van der Waals surface area contributed by atoms with Crippen molar-refractivity contribution in [3.8, 4) is 0 Å². The fourth-order valence-electron chi connectivity index (χ4n) is 2.08. The number of nitrogens with one attached hydrogen (secondary N) is 2. The molecule has 0 bridgehead atoms. The molecule has 0 unspecified atom stereocenters. The van der Waals surface area contributed by atoms with Crippen LogP contribution in [0, 0.1) is 0 Å². The summed E-state index contributed by atoms with van der Waals surface area (Å²) in [5.41, 5.74) is 0.591. The topological polar surface area (TPSA) is 100 Å². The molecule has 0 spiro atoms. The predicted octanol–water partition coefficient (Wildman–Crippen LogP) is 0.634. The maximum atomic E-state index is 12.2. The largest absolute Gasteiger partial charge is 0.390 e. The van der Waals surface area contributed by atoms with E-state index in [0.717, 1.165) is 5.82 Å². The number of imidazole rings is 1. The molecule has 2 aromatic heterocycles. The lowest BCUT2D eigenvalue weighted by Crippen LogP contribution is -2.24. The number of hydrogen-bond donors (Lipinski definition) is 3. The molecule has 0 amide bonds. The van der Waals surface area contributed by atoms with Crippen LogP contribution in [0.25, 0.3) is 0 Å². The summed E-state index contributed by atoms with van der Waals surface area (Å²) < 4.78 is 28.6. The molecule has 3 N–H and O–H groups in total. The first-order valence-corrected chi connectivity index (χ1v) is 8.33. The molecule has 116 valence electrons. The van der Waals surface area contributed by atoms with Gasteiger partial charge in [0, 0.05) is 43.8 Å². The number of nitrogens with zero attached hydrogens (tertiary/aromatic N) is 2. The van der Waals surface area contributed by atoms with Gasteiger partial charge in [-0.05, 0) is 19.4 Å². The smallest absolute Gasteiger partial charge is 0.242 e. The zero-order valence-electron chi connectivity index (χ0n) is 11.9. The van der Waals surface area contributed by atoms with Crippen LogP contribution in [0.3, 0.4) is 0 Å². The molecule has 0 atom stereocenters. The summed E-state index contributed by atoms with van der Waals surface area (Å²) in [5, 5.41) is 9.20. The van der Waals surface area contributed by atoms with Crippen LogP contribution in [0.5, 0.6) is 0 Å². The molecule has 0 radical (unpaired) electrons. The molecule has 0 aliphatic rings. The van der Waals surface area contributed by atoms with E-state index < -0.39 is 10.0 Å². The van der Waals surface area contributed by atoms with Crippen molar-refractivity contribution >= 4 is 10.0 Å². The van der Waals surface area contributed by atoms with E-state index >= 15 is 0 Å². The van der Waals surface area contributed by atoms with Crippen molar-refractivity contribution in [2.75, 3.05) is 6.54 Å². The monoisotopic (exact) mass is 312 g/mol. The van der Waals surface area contributed by atoms with Crippen LogP contribution in [0.1, 0.15) is 24.9 Å². The number of aromatic nitrogens is 3. The molecular formula is C13H20N4O3S. The zero-order valence-corrected chi connectivity index (χ0v) is 12.7. The van der Waals surface area contributed by atoms with Gasteiger partial charge in [0.05, 0.1) is 11.5 Å². The molecule has 2 rings (SSSR count). The van der Waals surface area contributed by atoms with Crippen LogP contribution >= 0.6 is 0 Å². The van der Waals surface area contributed by atoms with Crippen LogP contribution in [-0.2, 0) is 29.6 Å². The highest BCUT2D eigenvalue weighted by Crippen LogP contribution is 2.14. The van der Waals surface area contributed by atoms with E-state index in [1.165, 1.54) is 6.07 Å². The second-order valence-corrected chi connectivity index (χ2v) is 6.42. The Labute approximate surface area is 124 Å². The second kappa shape index (κ2) is 6.88. The van der Waals surface area contributed by atoms with E-state index in [9.17, 15) is 13.5 Å². The number of aliphatic hydroxyl groups is 1. The summed E-state index contributed by atoms with van der Waals surface area (Å²) in [6.45, 7) is 2.67. The van der Waals surface area contributed by atoms with E-state index in [0.29, 0.717) is 31.6 Å². The van der Waals surface area contributed by atoms with Gasteiger partial charge in [0.2, 0.25) is 10.0 Å². The minimum absolute atomic E-state index is 0.179. The maximum absolute atomic E-state index is 12.2. The standard InChI is InChI=1S/C13H20N4O3S/c1-2-17-9-12(8-11(17)10-18)21(19,20)16-5-3-4-13-14-6-7-15-13/h6-9,16,18H,2-5,10H2,1H3,(H,14,15). The first-order valence-electron chi connectivity index (χ1n) is 6.84. The molecule has 2 aromatic rings. The van der Waals surface area contributed by atoms with Gasteiger partial charge >= 0.3 is 0 Å². The van der Waals surface area contributed by atoms with Gasteiger partial charge < -0.3 is 14.7 Å². The summed E-state index contributed by atoms with van der Waals surface area (Å²) >= 11 is 0. The third-order valence-corrected chi connectivity index (χ3v) is 4.64. The fraction of sp³-hybridized carbons (Fsp3) is 0.462. The van der Waals surface area contributed by atoms with Gasteiger partial charge in [-0.1, -0.05) is 0 Å². The van der Waals surface area contributed by atoms with Gasteiger partial charge in [0.15, 0.2) is 0 Å². The highest BCUT2D eigenvalue weighted by molar-refractivity contribution is 7.89. The van der Waals surface area contributed by atoms with E-state index in [4.69, 9.17) is 0 Å². The van der Waals surface area contributed by atoms with Crippen LogP contribution in [0.2, 0.25) is 0 Å². The molecule has 2 heterocycles. The normalized spacial score (nSPS) is 11.9. The Morgan fingerprint density at radius 2 is 2.29 bits per heavy atom. The van der Waals surface area contributed by atoms with Gasteiger partial charge in [0.1, 0.15) is 5.82 Å². The average molecular weight is 312 g/mol. The Bertz CT molecular complexity index is 640. The van der Waals surface area contributed by atoms with Gasteiger partial charge in [-0.15, -0.1) is 0 Å². The molecule has 0 aliphatic heterocycles. The number of hydrogen-bond acceptors (Lipinski definition) is 4. The second-order valence-electron chi connectivity index (χ2n) is 4.65. The number of aromatic amines is 1. The lowest BCUT2D eigenvalue weighted by Gasteiger charge is -2.04.